The van der Waals surface area contributed by atoms with Crippen LogP contribution >= 0.6 is 0 Å². The van der Waals surface area contributed by atoms with E-state index in [9.17, 15) is 9.59 Å². The number of benzene rings is 2. The summed E-state index contributed by atoms with van der Waals surface area (Å²) in [5, 5.41) is 0.977. The summed E-state index contributed by atoms with van der Waals surface area (Å²) in [6.07, 6.45) is 0. The van der Waals surface area contributed by atoms with Crippen LogP contribution in [0.5, 0.6) is 5.75 Å². The fourth-order valence-corrected chi connectivity index (χ4v) is 2.94. The maximum absolute atomic E-state index is 12.6. The minimum Gasteiger partial charge on any atom is -0.495 e. The number of para-hydroxylation sites is 1. The normalized spacial score (nSPS) is 10.7. The molecule has 0 amide bonds. The molecule has 0 aliphatic rings. The summed E-state index contributed by atoms with van der Waals surface area (Å²) in [7, 11) is 2.94. The van der Waals surface area contributed by atoms with E-state index in [1.54, 1.807) is 29.9 Å². The summed E-state index contributed by atoms with van der Waals surface area (Å²) in [4.78, 5) is 24.1. The van der Waals surface area contributed by atoms with Crippen LogP contribution in [0.1, 0.15) is 21.5 Å². The fourth-order valence-electron chi connectivity index (χ4n) is 2.94. The topological polar surface area (TPSA) is 57.5 Å². The number of ether oxygens (including phenoxy) is 2. The molecule has 0 fully saturated rings. The van der Waals surface area contributed by atoms with Crippen LogP contribution in [-0.4, -0.2) is 24.8 Å². The van der Waals surface area contributed by atoms with Gasteiger partial charge in [0.05, 0.1) is 31.8 Å². The van der Waals surface area contributed by atoms with Crippen LogP contribution in [0.3, 0.4) is 0 Å². The minimum atomic E-state index is -0.383. The van der Waals surface area contributed by atoms with Crippen molar-refractivity contribution in [1.29, 1.82) is 0 Å². The highest BCUT2D eigenvalue weighted by atomic mass is 16.5. The second-order valence-electron chi connectivity index (χ2n) is 5.80. The molecule has 5 heteroatoms. The van der Waals surface area contributed by atoms with Crippen molar-refractivity contribution in [2.75, 3.05) is 14.2 Å². The van der Waals surface area contributed by atoms with Gasteiger partial charge in [0, 0.05) is 11.5 Å². The third-order valence-electron chi connectivity index (χ3n) is 4.24. The number of carbonyl (C=O) groups is 1. The number of pyridine rings is 1. The van der Waals surface area contributed by atoms with Gasteiger partial charge in [0.25, 0.3) is 5.56 Å². The largest absolute Gasteiger partial charge is 0.495 e. The van der Waals surface area contributed by atoms with Crippen LogP contribution < -0.4 is 10.3 Å². The van der Waals surface area contributed by atoms with E-state index in [1.165, 1.54) is 7.11 Å². The molecule has 25 heavy (non-hydrogen) atoms. The van der Waals surface area contributed by atoms with Crippen LogP contribution in [-0.2, 0) is 11.3 Å². The molecule has 0 bridgehead atoms. The third kappa shape index (κ3) is 3.13. The van der Waals surface area contributed by atoms with Gasteiger partial charge in [-0.2, -0.15) is 0 Å². The molecule has 0 radical (unpaired) electrons. The van der Waals surface area contributed by atoms with Gasteiger partial charge in [-0.25, -0.2) is 4.79 Å². The molecule has 5 nitrogen and oxygen atoms in total. The predicted octanol–water partition coefficient (Wildman–Crippen LogP) is 3.15. The summed E-state index contributed by atoms with van der Waals surface area (Å²) in [5.41, 5.74) is 2.98. The highest BCUT2D eigenvalue weighted by molar-refractivity contribution is 5.89. The van der Waals surface area contributed by atoms with Crippen LogP contribution in [0, 0.1) is 6.92 Å². The molecular formula is C20H19NO4. The van der Waals surface area contributed by atoms with Gasteiger partial charge in [-0.3, -0.25) is 4.79 Å². The molecule has 0 atom stereocenters. The van der Waals surface area contributed by atoms with Crippen molar-refractivity contribution in [3.8, 4) is 5.75 Å². The number of aryl methyl sites for hydroxylation is 1. The molecule has 0 spiro atoms. The molecule has 2 aromatic carbocycles. The van der Waals surface area contributed by atoms with Crippen molar-refractivity contribution in [3.05, 3.63) is 75.6 Å². The number of esters is 1. The van der Waals surface area contributed by atoms with Gasteiger partial charge in [-0.15, -0.1) is 0 Å². The Labute approximate surface area is 145 Å². The predicted molar refractivity (Wildman–Crippen MR) is 96.4 cm³/mol. The Hall–Kier alpha value is -3.08. The molecule has 1 heterocycles. The maximum Gasteiger partial charge on any atom is 0.337 e. The van der Waals surface area contributed by atoms with E-state index in [0.29, 0.717) is 17.9 Å². The number of hydrogen-bond acceptors (Lipinski definition) is 4. The first-order valence-electron chi connectivity index (χ1n) is 7.89. The summed E-state index contributed by atoms with van der Waals surface area (Å²) < 4.78 is 11.9. The summed E-state index contributed by atoms with van der Waals surface area (Å²) in [6, 6.07) is 14.4. The number of nitrogens with zero attached hydrogens (tertiary/aromatic N) is 1. The zero-order chi connectivity index (χ0) is 18.0. The van der Waals surface area contributed by atoms with E-state index in [2.05, 4.69) is 0 Å². The number of hydrogen-bond donors (Lipinski definition) is 0. The Kier molecular flexibility index (Phi) is 4.57. The Balaban J connectivity index is 2.10. The van der Waals surface area contributed by atoms with Crippen LogP contribution in [0.4, 0.5) is 0 Å². The summed E-state index contributed by atoms with van der Waals surface area (Å²) in [6.45, 7) is 2.30. The quantitative estimate of drug-likeness (QED) is 0.686. The first-order chi connectivity index (χ1) is 12.0. The van der Waals surface area contributed by atoms with E-state index in [4.69, 9.17) is 9.47 Å². The Bertz CT molecular complexity index is 987. The van der Waals surface area contributed by atoms with Gasteiger partial charge < -0.3 is 14.0 Å². The number of methoxy groups -OCH3 is 2. The first kappa shape index (κ1) is 16.8. The van der Waals surface area contributed by atoms with E-state index in [-0.39, 0.29) is 11.5 Å². The van der Waals surface area contributed by atoms with E-state index < -0.39 is 0 Å². The summed E-state index contributed by atoms with van der Waals surface area (Å²) in [5.74, 6) is 0.274. The molecule has 0 saturated heterocycles. The van der Waals surface area contributed by atoms with Crippen molar-refractivity contribution in [1.82, 2.24) is 4.57 Å². The highest BCUT2D eigenvalue weighted by Gasteiger charge is 2.12. The van der Waals surface area contributed by atoms with Crippen molar-refractivity contribution < 1.29 is 14.3 Å². The van der Waals surface area contributed by atoms with Crippen LogP contribution in [0.15, 0.2) is 53.3 Å². The SMILES string of the molecule is COC(=O)c1ccc(Cn2c(=O)cc(C)c3cccc(OC)c32)cc1. The molecular weight excluding hydrogens is 318 g/mol. The molecule has 3 rings (SSSR count). The molecule has 0 aliphatic carbocycles. The van der Waals surface area contributed by atoms with Crippen molar-refractivity contribution in [3.63, 3.8) is 0 Å². The molecule has 0 unspecified atom stereocenters. The molecule has 128 valence electrons. The Morgan fingerprint density at radius 2 is 1.80 bits per heavy atom. The number of rotatable bonds is 4. The van der Waals surface area contributed by atoms with Crippen molar-refractivity contribution >= 4 is 16.9 Å². The Morgan fingerprint density at radius 3 is 2.44 bits per heavy atom. The Morgan fingerprint density at radius 1 is 1.08 bits per heavy atom. The zero-order valence-corrected chi connectivity index (χ0v) is 14.4. The molecule has 1 aromatic heterocycles. The van der Waals surface area contributed by atoms with E-state index in [1.807, 2.05) is 37.3 Å². The lowest BCUT2D eigenvalue weighted by Gasteiger charge is -2.15. The zero-order valence-electron chi connectivity index (χ0n) is 14.4. The monoisotopic (exact) mass is 337 g/mol. The van der Waals surface area contributed by atoms with E-state index >= 15 is 0 Å². The lowest BCUT2D eigenvalue weighted by molar-refractivity contribution is 0.0600. The standard InChI is InChI=1S/C20H19NO4/c1-13-11-18(22)21(19-16(13)5-4-6-17(19)24-2)12-14-7-9-15(10-8-14)20(23)25-3/h4-11H,12H2,1-3H3. The molecule has 0 aliphatic heterocycles. The van der Waals surface area contributed by atoms with Gasteiger partial charge in [0.1, 0.15) is 5.75 Å². The van der Waals surface area contributed by atoms with E-state index in [0.717, 1.165) is 22.0 Å². The minimum absolute atomic E-state index is 0.0912. The van der Waals surface area contributed by atoms with Gasteiger partial charge in [0.15, 0.2) is 0 Å². The fraction of sp³-hybridized carbons (Fsp3) is 0.200. The number of aromatic nitrogens is 1. The average Bonchev–Trinajstić information content (AvgIpc) is 2.64. The number of carbonyl (C=O) groups excluding carboxylic acids is 1. The highest BCUT2D eigenvalue weighted by Crippen LogP contribution is 2.26. The lowest BCUT2D eigenvalue weighted by Crippen LogP contribution is -2.21. The summed E-state index contributed by atoms with van der Waals surface area (Å²) >= 11 is 0. The van der Waals surface area contributed by atoms with Gasteiger partial charge in [0.2, 0.25) is 0 Å². The smallest absolute Gasteiger partial charge is 0.337 e. The van der Waals surface area contributed by atoms with Crippen LogP contribution in [0.25, 0.3) is 10.9 Å². The second-order valence-corrected chi connectivity index (χ2v) is 5.80. The maximum atomic E-state index is 12.6. The first-order valence-corrected chi connectivity index (χ1v) is 7.89. The molecule has 0 saturated carbocycles. The lowest BCUT2D eigenvalue weighted by atomic mass is 10.1. The number of fused-ring (bicyclic) bond motifs is 1. The third-order valence-corrected chi connectivity index (χ3v) is 4.24. The van der Waals surface area contributed by atoms with Crippen LogP contribution in [0.2, 0.25) is 0 Å². The molecule has 0 N–H and O–H groups in total. The van der Waals surface area contributed by atoms with Gasteiger partial charge in [-0.1, -0.05) is 24.3 Å². The second kappa shape index (κ2) is 6.81. The van der Waals surface area contributed by atoms with Gasteiger partial charge >= 0.3 is 5.97 Å². The van der Waals surface area contributed by atoms with Crippen molar-refractivity contribution in [2.45, 2.75) is 13.5 Å². The molecule has 3 aromatic rings. The average molecular weight is 337 g/mol. The van der Waals surface area contributed by atoms with Crippen molar-refractivity contribution in [2.24, 2.45) is 0 Å². The van der Waals surface area contributed by atoms with Gasteiger partial charge in [-0.05, 0) is 36.2 Å².